The van der Waals surface area contributed by atoms with Gasteiger partial charge < -0.3 is 22.1 Å². The van der Waals surface area contributed by atoms with Gasteiger partial charge in [0.25, 0.3) is 0 Å². The summed E-state index contributed by atoms with van der Waals surface area (Å²) in [6.07, 6.45) is 5.29. The normalized spacial score (nSPS) is 13.2. The molecule has 22 heavy (non-hydrogen) atoms. The van der Waals surface area contributed by atoms with Crippen LogP contribution in [0.25, 0.3) is 0 Å². The first kappa shape index (κ1) is 20.4. The molecule has 0 aliphatic rings. The average Bonchev–Trinajstić information content (AvgIpc) is 2.45. The summed E-state index contributed by atoms with van der Waals surface area (Å²) in [4.78, 5) is 34.9. The lowest BCUT2D eigenvalue weighted by Crippen LogP contribution is -2.51. The molecule has 0 heterocycles. The van der Waals surface area contributed by atoms with Crippen molar-refractivity contribution in [3.63, 3.8) is 0 Å². The number of carbonyl (C=O) groups excluding carboxylic acids is 3. The van der Waals surface area contributed by atoms with Crippen LogP contribution in [0.1, 0.15) is 58.8 Å². The van der Waals surface area contributed by atoms with Gasteiger partial charge in [-0.25, -0.2) is 0 Å². The van der Waals surface area contributed by atoms with Crippen LogP contribution in [0.5, 0.6) is 0 Å². The third-order valence-electron chi connectivity index (χ3n) is 3.31. The monoisotopic (exact) mass is 314 g/mol. The zero-order valence-electron chi connectivity index (χ0n) is 13.7. The molecule has 0 bridgehead atoms. The lowest BCUT2D eigenvalue weighted by Gasteiger charge is -2.19. The predicted octanol–water partition coefficient (Wildman–Crippen LogP) is 0.171. The Morgan fingerprint density at radius 2 is 1.68 bits per heavy atom. The first-order valence-corrected chi connectivity index (χ1v) is 7.98. The Morgan fingerprint density at radius 3 is 2.23 bits per heavy atom. The van der Waals surface area contributed by atoms with E-state index >= 15 is 0 Å². The molecule has 7 nitrogen and oxygen atoms in total. The number of hydrogen-bond acceptors (Lipinski definition) is 4. The van der Waals surface area contributed by atoms with Gasteiger partial charge in [-0.3, -0.25) is 14.4 Å². The van der Waals surface area contributed by atoms with Crippen molar-refractivity contribution in [2.75, 3.05) is 6.54 Å². The van der Waals surface area contributed by atoms with Gasteiger partial charge in [-0.15, -0.1) is 0 Å². The average molecular weight is 314 g/mol. The lowest BCUT2D eigenvalue weighted by molar-refractivity contribution is -0.131. The molecule has 2 atom stereocenters. The Labute approximate surface area is 132 Å². The van der Waals surface area contributed by atoms with E-state index < -0.39 is 17.9 Å². The minimum absolute atomic E-state index is 0.218. The molecule has 0 spiro atoms. The van der Waals surface area contributed by atoms with Crippen LogP contribution in [0, 0.1) is 0 Å². The summed E-state index contributed by atoms with van der Waals surface area (Å²) in [6.45, 7) is 4.15. The topological polar surface area (TPSA) is 127 Å². The summed E-state index contributed by atoms with van der Waals surface area (Å²) >= 11 is 0. The van der Waals surface area contributed by atoms with Gasteiger partial charge in [-0.1, -0.05) is 32.6 Å². The highest BCUT2D eigenvalue weighted by atomic mass is 16.2. The zero-order chi connectivity index (χ0) is 17.0. The van der Waals surface area contributed by atoms with Gasteiger partial charge in [0.05, 0.1) is 6.42 Å². The molecule has 0 radical (unpaired) electrons. The molecular weight excluding hydrogens is 284 g/mol. The number of primary amides is 1. The molecule has 0 aliphatic carbocycles. The van der Waals surface area contributed by atoms with Crippen molar-refractivity contribution < 1.29 is 14.4 Å². The lowest BCUT2D eigenvalue weighted by atomic mass is 10.1. The highest BCUT2D eigenvalue weighted by molar-refractivity contribution is 5.91. The molecule has 0 aliphatic heterocycles. The molecule has 128 valence electrons. The maximum absolute atomic E-state index is 12.0. The van der Waals surface area contributed by atoms with E-state index in [-0.39, 0.29) is 24.9 Å². The summed E-state index contributed by atoms with van der Waals surface area (Å²) in [6, 6.07) is -1.16. The standard InChI is InChI=1S/C15H30N4O3/c1-3-4-5-6-7-8-14(21)19-12(9-13(17)20)15(22)18-11(2)10-16/h11-12H,3-10,16H2,1-2H3,(H2,17,20)(H,18,22)(H,19,21)/t11-,12+/m0/s1. The van der Waals surface area contributed by atoms with E-state index in [2.05, 4.69) is 17.6 Å². The molecule has 0 aromatic rings. The quantitative estimate of drug-likeness (QED) is 0.383. The van der Waals surface area contributed by atoms with E-state index in [9.17, 15) is 14.4 Å². The van der Waals surface area contributed by atoms with E-state index in [4.69, 9.17) is 11.5 Å². The minimum atomic E-state index is -0.936. The van der Waals surface area contributed by atoms with Gasteiger partial charge in [-0.2, -0.15) is 0 Å². The molecule has 0 rings (SSSR count). The maximum Gasteiger partial charge on any atom is 0.243 e. The van der Waals surface area contributed by atoms with Gasteiger partial charge in [0, 0.05) is 19.0 Å². The Kier molecular flexibility index (Phi) is 11.1. The van der Waals surface area contributed by atoms with Crippen molar-refractivity contribution in [2.45, 2.75) is 70.9 Å². The van der Waals surface area contributed by atoms with Crippen molar-refractivity contribution in [1.82, 2.24) is 10.6 Å². The predicted molar refractivity (Wildman–Crippen MR) is 85.8 cm³/mol. The Morgan fingerprint density at radius 1 is 1.05 bits per heavy atom. The van der Waals surface area contributed by atoms with Crippen molar-refractivity contribution in [2.24, 2.45) is 11.5 Å². The van der Waals surface area contributed by atoms with Gasteiger partial charge in [-0.05, 0) is 13.3 Å². The Balaban J connectivity index is 4.30. The summed E-state index contributed by atoms with van der Waals surface area (Å²) < 4.78 is 0. The molecular formula is C15H30N4O3. The van der Waals surface area contributed by atoms with Crippen LogP contribution in [-0.4, -0.2) is 36.3 Å². The molecule has 6 N–H and O–H groups in total. The van der Waals surface area contributed by atoms with Crippen LogP contribution in [0.4, 0.5) is 0 Å². The third-order valence-corrected chi connectivity index (χ3v) is 3.31. The van der Waals surface area contributed by atoms with Gasteiger partial charge >= 0.3 is 0 Å². The van der Waals surface area contributed by atoms with Crippen molar-refractivity contribution in [3.05, 3.63) is 0 Å². The summed E-state index contributed by atoms with van der Waals surface area (Å²) in [5.74, 6) is -1.31. The first-order valence-electron chi connectivity index (χ1n) is 7.98. The van der Waals surface area contributed by atoms with Gasteiger partial charge in [0.15, 0.2) is 0 Å². The fourth-order valence-corrected chi connectivity index (χ4v) is 1.97. The zero-order valence-corrected chi connectivity index (χ0v) is 13.7. The molecule has 0 aromatic heterocycles. The second-order valence-corrected chi connectivity index (χ2v) is 5.60. The molecule has 7 heteroatoms. The highest BCUT2D eigenvalue weighted by Gasteiger charge is 2.23. The number of carbonyl (C=O) groups is 3. The summed E-state index contributed by atoms with van der Waals surface area (Å²) in [7, 11) is 0. The number of amides is 3. The van der Waals surface area contributed by atoms with Crippen LogP contribution in [0.3, 0.4) is 0 Å². The van der Waals surface area contributed by atoms with E-state index in [0.29, 0.717) is 6.42 Å². The second kappa shape index (κ2) is 12.0. The van der Waals surface area contributed by atoms with E-state index in [0.717, 1.165) is 32.1 Å². The number of hydrogen-bond donors (Lipinski definition) is 4. The number of rotatable bonds is 12. The van der Waals surface area contributed by atoms with Crippen molar-refractivity contribution >= 4 is 17.7 Å². The fraction of sp³-hybridized carbons (Fsp3) is 0.800. The van der Waals surface area contributed by atoms with E-state index in [1.54, 1.807) is 6.92 Å². The molecule has 0 saturated carbocycles. The van der Waals surface area contributed by atoms with Crippen LogP contribution in [-0.2, 0) is 14.4 Å². The van der Waals surface area contributed by atoms with Crippen LogP contribution in [0.2, 0.25) is 0 Å². The SMILES string of the molecule is CCCCCCCC(=O)N[C@H](CC(N)=O)C(=O)N[C@@H](C)CN. The smallest absolute Gasteiger partial charge is 0.243 e. The minimum Gasteiger partial charge on any atom is -0.370 e. The van der Waals surface area contributed by atoms with Crippen molar-refractivity contribution in [1.29, 1.82) is 0 Å². The third kappa shape index (κ3) is 10.1. The molecule has 3 amide bonds. The van der Waals surface area contributed by atoms with Gasteiger partial charge in [0.2, 0.25) is 17.7 Å². The van der Waals surface area contributed by atoms with Crippen LogP contribution in [0.15, 0.2) is 0 Å². The summed E-state index contributed by atoms with van der Waals surface area (Å²) in [5, 5.41) is 5.21. The molecule has 0 unspecified atom stereocenters. The fourth-order valence-electron chi connectivity index (χ4n) is 1.97. The largest absolute Gasteiger partial charge is 0.370 e. The number of nitrogens with one attached hydrogen (secondary N) is 2. The van der Waals surface area contributed by atoms with Gasteiger partial charge in [0.1, 0.15) is 6.04 Å². The van der Waals surface area contributed by atoms with E-state index in [1.165, 1.54) is 0 Å². The van der Waals surface area contributed by atoms with Crippen LogP contribution < -0.4 is 22.1 Å². The maximum atomic E-state index is 12.0. The summed E-state index contributed by atoms with van der Waals surface area (Å²) in [5.41, 5.74) is 10.6. The Bertz CT molecular complexity index is 361. The molecule has 0 saturated heterocycles. The molecule has 0 fully saturated rings. The van der Waals surface area contributed by atoms with Crippen molar-refractivity contribution in [3.8, 4) is 0 Å². The number of nitrogens with two attached hydrogens (primary N) is 2. The van der Waals surface area contributed by atoms with Crippen LogP contribution >= 0.6 is 0 Å². The van der Waals surface area contributed by atoms with E-state index in [1.807, 2.05) is 0 Å². The Hall–Kier alpha value is -1.63. The first-order chi connectivity index (χ1) is 10.4. The number of unbranched alkanes of at least 4 members (excludes halogenated alkanes) is 4. The highest BCUT2D eigenvalue weighted by Crippen LogP contribution is 2.05. The molecule has 0 aromatic carbocycles. The second-order valence-electron chi connectivity index (χ2n) is 5.60.